The number of imidazole rings is 1. The molecule has 0 spiro atoms. The summed E-state index contributed by atoms with van der Waals surface area (Å²) in [4.78, 5) is 5.54. The Morgan fingerprint density at radius 2 is 2.33 bits per heavy atom. The first-order valence-corrected chi connectivity index (χ1v) is 7.23. The monoisotopic (exact) mass is 266 g/mol. The molecule has 0 saturated heterocycles. The average Bonchev–Trinajstić information content (AvgIpc) is 2.90. The van der Waals surface area contributed by atoms with Crippen LogP contribution in [0.15, 0.2) is 17.8 Å². The van der Waals surface area contributed by atoms with Gasteiger partial charge < -0.3 is 9.84 Å². The minimum atomic E-state index is -0.598. The van der Waals surface area contributed by atoms with Crippen molar-refractivity contribution in [2.24, 2.45) is 0 Å². The summed E-state index contributed by atoms with van der Waals surface area (Å²) in [6.45, 7) is 0. The molecular formula is C13H18N2O2S. The Hall–Kier alpha value is -0.910. The zero-order valence-electron chi connectivity index (χ0n) is 10.5. The molecule has 0 bridgehead atoms. The molecule has 1 fully saturated rings. The van der Waals surface area contributed by atoms with Crippen LogP contribution in [-0.4, -0.2) is 33.3 Å². The third kappa shape index (κ3) is 2.30. The van der Waals surface area contributed by atoms with Crippen LogP contribution in [0.4, 0.5) is 0 Å². The van der Waals surface area contributed by atoms with Gasteiger partial charge in [0, 0.05) is 31.3 Å². The number of ether oxygens (including phenoxy) is 1. The lowest BCUT2D eigenvalue weighted by Crippen LogP contribution is -2.38. The SMILES string of the molecule is COC1CCC(O)(Cc2cn3ccsc3n2)CC1. The Bertz CT molecular complexity index is 497. The Morgan fingerprint density at radius 3 is 3.00 bits per heavy atom. The Balaban J connectivity index is 1.70. The van der Waals surface area contributed by atoms with E-state index in [9.17, 15) is 5.11 Å². The van der Waals surface area contributed by atoms with Gasteiger partial charge in [-0.1, -0.05) is 0 Å². The maximum absolute atomic E-state index is 10.6. The number of aliphatic hydroxyl groups is 1. The van der Waals surface area contributed by atoms with Gasteiger partial charge in [0.05, 0.1) is 17.4 Å². The topological polar surface area (TPSA) is 46.8 Å². The van der Waals surface area contributed by atoms with Crippen molar-refractivity contribution in [2.45, 2.75) is 43.8 Å². The highest BCUT2D eigenvalue weighted by molar-refractivity contribution is 7.15. The smallest absolute Gasteiger partial charge is 0.193 e. The molecule has 0 amide bonds. The van der Waals surface area contributed by atoms with E-state index in [1.54, 1.807) is 18.4 Å². The van der Waals surface area contributed by atoms with Gasteiger partial charge in [-0.05, 0) is 25.7 Å². The first-order valence-electron chi connectivity index (χ1n) is 6.35. The number of nitrogens with zero attached hydrogens (tertiary/aromatic N) is 2. The van der Waals surface area contributed by atoms with E-state index in [1.165, 1.54) is 0 Å². The molecule has 18 heavy (non-hydrogen) atoms. The van der Waals surface area contributed by atoms with Crippen LogP contribution in [-0.2, 0) is 11.2 Å². The summed E-state index contributed by atoms with van der Waals surface area (Å²) in [5, 5.41) is 12.6. The quantitative estimate of drug-likeness (QED) is 0.927. The van der Waals surface area contributed by atoms with Crippen LogP contribution < -0.4 is 0 Å². The molecule has 1 aliphatic rings. The van der Waals surface area contributed by atoms with Gasteiger partial charge in [-0.3, -0.25) is 4.40 Å². The van der Waals surface area contributed by atoms with E-state index in [4.69, 9.17) is 4.74 Å². The maximum Gasteiger partial charge on any atom is 0.193 e. The van der Waals surface area contributed by atoms with E-state index >= 15 is 0 Å². The summed E-state index contributed by atoms with van der Waals surface area (Å²) >= 11 is 1.62. The van der Waals surface area contributed by atoms with Gasteiger partial charge in [0.2, 0.25) is 0 Å². The van der Waals surface area contributed by atoms with Crippen LogP contribution in [0.5, 0.6) is 0 Å². The number of rotatable bonds is 3. The van der Waals surface area contributed by atoms with Crippen molar-refractivity contribution in [2.75, 3.05) is 7.11 Å². The highest BCUT2D eigenvalue weighted by Crippen LogP contribution is 2.32. The van der Waals surface area contributed by atoms with E-state index in [2.05, 4.69) is 4.98 Å². The predicted octanol–water partition coefficient (Wildman–Crippen LogP) is 2.26. The molecule has 3 rings (SSSR count). The second-order valence-corrected chi connectivity index (χ2v) is 6.03. The fraction of sp³-hybridized carbons (Fsp3) is 0.615. The Labute approximate surface area is 110 Å². The summed E-state index contributed by atoms with van der Waals surface area (Å²) < 4.78 is 7.36. The minimum absolute atomic E-state index is 0.316. The third-order valence-electron chi connectivity index (χ3n) is 3.85. The van der Waals surface area contributed by atoms with Crippen molar-refractivity contribution in [3.05, 3.63) is 23.5 Å². The van der Waals surface area contributed by atoms with Gasteiger partial charge in [0.15, 0.2) is 4.96 Å². The molecule has 1 aliphatic carbocycles. The average molecular weight is 266 g/mol. The molecule has 0 unspecified atom stereocenters. The molecular weight excluding hydrogens is 248 g/mol. The van der Waals surface area contributed by atoms with Crippen molar-refractivity contribution < 1.29 is 9.84 Å². The Morgan fingerprint density at radius 1 is 1.56 bits per heavy atom. The molecule has 2 aromatic rings. The molecule has 1 saturated carbocycles. The summed E-state index contributed by atoms with van der Waals surface area (Å²) in [6, 6.07) is 0. The van der Waals surface area contributed by atoms with Crippen LogP contribution in [0, 0.1) is 0 Å². The van der Waals surface area contributed by atoms with Gasteiger partial charge in [0.25, 0.3) is 0 Å². The summed E-state index contributed by atoms with van der Waals surface area (Å²) in [6.07, 6.45) is 8.47. The molecule has 0 aliphatic heterocycles. The van der Waals surface area contributed by atoms with E-state index in [0.717, 1.165) is 36.3 Å². The highest BCUT2D eigenvalue weighted by Gasteiger charge is 2.34. The second-order valence-electron chi connectivity index (χ2n) is 5.16. The molecule has 0 atom stereocenters. The summed E-state index contributed by atoms with van der Waals surface area (Å²) in [5.41, 5.74) is 0.388. The molecule has 5 heteroatoms. The zero-order valence-corrected chi connectivity index (χ0v) is 11.3. The van der Waals surface area contributed by atoms with Gasteiger partial charge >= 0.3 is 0 Å². The molecule has 0 aromatic carbocycles. The van der Waals surface area contributed by atoms with Crippen molar-refractivity contribution in [1.82, 2.24) is 9.38 Å². The largest absolute Gasteiger partial charge is 0.389 e. The van der Waals surface area contributed by atoms with Gasteiger partial charge in [-0.2, -0.15) is 0 Å². The standard InChI is InChI=1S/C13H18N2O2S/c1-17-11-2-4-13(16,5-3-11)8-10-9-15-6-7-18-12(15)14-10/h6-7,9,11,16H,2-5,8H2,1H3. The number of aromatic nitrogens is 2. The van der Waals surface area contributed by atoms with E-state index in [-0.39, 0.29) is 0 Å². The van der Waals surface area contributed by atoms with Crippen molar-refractivity contribution in [3.8, 4) is 0 Å². The Kier molecular flexibility index (Phi) is 3.13. The fourth-order valence-corrected chi connectivity index (χ4v) is 3.46. The van der Waals surface area contributed by atoms with Crippen LogP contribution in [0.1, 0.15) is 31.4 Å². The molecule has 2 heterocycles. The lowest BCUT2D eigenvalue weighted by Gasteiger charge is -2.35. The van der Waals surface area contributed by atoms with Crippen LogP contribution in [0.2, 0.25) is 0 Å². The van der Waals surface area contributed by atoms with Crippen LogP contribution in [0.3, 0.4) is 0 Å². The van der Waals surface area contributed by atoms with E-state index < -0.39 is 5.60 Å². The van der Waals surface area contributed by atoms with E-state index in [0.29, 0.717) is 12.5 Å². The van der Waals surface area contributed by atoms with Gasteiger partial charge in [-0.15, -0.1) is 11.3 Å². The van der Waals surface area contributed by atoms with E-state index in [1.807, 2.05) is 22.2 Å². The molecule has 4 nitrogen and oxygen atoms in total. The highest BCUT2D eigenvalue weighted by atomic mass is 32.1. The maximum atomic E-state index is 10.6. The first-order chi connectivity index (χ1) is 8.68. The fourth-order valence-electron chi connectivity index (χ4n) is 2.74. The number of hydrogen-bond acceptors (Lipinski definition) is 4. The van der Waals surface area contributed by atoms with Crippen molar-refractivity contribution in [3.63, 3.8) is 0 Å². The summed E-state index contributed by atoms with van der Waals surface area (Å²) in [7, 11) is 1.75. The number of hydrogen-bond donors (Lipinski definition) is 1. The lowest BCUT2D eigenvalue weighted by atomic mass is 9.80. The van der Waals surface area contributed by atoms with Crippen LogP contribution >= 0.6 is 11.3 Å². The van der Waals surface area contributed by atoms with Crippen molar-refractivity contribution >= 4 is 16.3 Å². The minimum Gasteiger partial charge on any atom is -0.389 e. The molecule has 98 valence electrons. The lowest BCUT2D eigenvalue weighted by molar-refractivity contribution is -0.0431. The normalized spacial score (nSPS) is 28.9. The molecule has 1 N–H and O–H groups in total. The second kappa shape index (κ2) is 4.64. The van der Waals surface area contributed by atoms with Crippen molar-refractivity contribution in [1.29, 1.82) is 0 Å². The van der Waals surface area contributed by atoms with Crippen LogP contribution in [0.25, 0.3) is 4.96 Å². The first kappa shape index (κ1) is 12.1. The third-order valence-corrected chi connectivity index (χ3v) is 4.62. The van der Waals surface area contributed by atoms with Gasteiger partial charge in [0.1, 0.15) is 0 Å². The predicted molar refractivity (Wildman–Crippen MR) is 71.0 cm³/mol. The number of thiazole rings is 1. The van der Waals surface area contributed by atoms with Gasteiger partial charge in [-0.25, -0.2) is 4.98 Å². The number of methoxy groups -OCH3 is 1. The zero-order chi connectivity index (χ0) is 12.6. The summed E-state index contributed by atoms with van der Waals surface area (Å²) in [5.74, 6) is 0. The molecule has 0 radical (unpaired) electrons. The molecule has 2 aromatic heterocycles. The number of fused-ring (bicyclic) bond motifs is 1.